The van der Waals surface area contributed by atoms with Crippen LogP contribution in [0.15, 0.2) is 36.4 Å². The maximum atomic E-state index is 12.3. The van der Waals surface area contributed by atoms with Crippen LogP contribution >= 0.6 is 11.3 Å². The number of aliphatic carboxylic acids is 1. The topological polar surface area (TPSA) is 80.4 Å². The van der Waals surface area contributed by atoms with Crippen molar-refractivity contribution in [1.82, 2.24) is 0 Å². The summed E-state index contributed by atoms with van der Waals surface area (Å²) in [6, 6.07) is 9.88. The molecule has 2 rings (SSSR count). The number of ketones is 1. The predicted molar refractivity (Wildman–Crippen MR) is 81.7 cm³/mol. The molecular formula is C15H11F6NO3S. The Balaban J connectivity index is 0.000000412. The first-order valence-corrected chi connectivity index (χ1v) is 7.48. The van der Waals surface area contributed by atoms with Crippen LogP contribution in [0, 0.1) is 0 Å². The molecule has 0 bridgehead atoms. The normalized spacial score (nSPS) is 11.5. The fourth-order valence-corrected chi connectivity index (χ4v) is 2.53. The number of Topliss-reactive ketones (excluding diaryl/α,β-unsaturated/α-hetero) is 1. The zero-order valence-electron chi connectivity index (χ0n) is 12.7. The van der Waals surface area contributed by atoms with Crippen LogP contribution in [-0.4, -0.2) is 29.2 Å². The number of thiophene rings is 1. The Kier molecular flexibility index (Phi) is 6.93. The number of rotatable bonds is 3. The molecule has 0 atom stereocenters. The fourth-order valence-electron chi connectivity index (χ4n) is 1.56. The molecule has 142 valence electrons. The molecule has 0 aliphatic carbocycles. The summed E-state index contributed by atoms with van der Waals surface area (Å²) in [5.74, 6) is -4.56. The molecule has 4 nitrogen and oxygen atoms in total. The number of halogens is 6. The van der Waals surface area contributed by atoms with Crippen LogP contribution in [0.3, 0.4) is 0 Å². The number of carboxylic acid groups (broad SMARTS) is 1. The summed E-state index contributed by atoms with van der Waals surface area (Å²) < 4.78 is 68.6. The van der Waals surface area contributed by atoms with Crippen LogP contribution in [-0.2, 0) is 11.3 Å². The van der Waals surface area contributed by atoms with Crippen molar-refractivity contribution in [1.29, 1.82) is 0 Å². The highest BCUT2D eigenvalue weighted by Crippen LogP contribution is 2.32. The van der Waals surface area contributed by atoms with E-state index >= 15 is 0 Å². The molecular weight excluding hydrogens is 388 g/mol. The SMILES string of the molecule is NCc1ccc(-c2ccc(C(=O)C(F)(F)F)s2)cc1.O=C(O)C(F)(F)F. The number of hydrogen-bond acceptors (Lipinski definition) is 4. The summed E-state index contributed by atoms with van der Waals surface area (Å²) in [6.07, 6.45) is -9.91. The van der Waals surface area contributed by atoms with E-state index in [-0.39, 0.29) is 4.88 Å². The molecule has 0 fully saturated rings. The molecule has 0 unspecified atom stereocenters. The van der Waals surface area contributed by atoms with Gasteiger partial charge in [0.2, 0.25) is 0 Å². The second kappa shape index (κ2) is 8.32. The molecule has 3 N–H and O–H groups in total. The van der Waals surface area contributed by atoms with Crippen LogP contribution in [0.5, 0.6) is 0 Å². The minimum absolute atomic E-state index is 0.301. The second-order valence-corrected chi connectivity index (χ2v) is 5.78. The minimum atomic E-state index is -5.08. The van der Waals surface area contributed by atoms with Crippen molar-refractivity contribution in [2.45, 2.75) is 18.9 Å². The lowest BCUT2D eigenvalue weighted by Gasteiger charge is -2.02. The standard InChI is InChI=1S/C13H10F3NOS.C2HF3O2/c14-13(15,16)12(18)11-6-5-10(19-11)9-3-1-8(7-17)2-4-9;3-2(4,5)1(6)7/h1-6H,7,17H2;(H,6,7). The highest BCUT2D eigenvalue weighted by molar-refractivity contribution is 7.17. The summed E-state index contributed by atoms with van der Waals surface area (Å²) in [7, 11) is 0. The van der Waals surface area contributed by atoms with Gasteiger partial charge >= 0.3 is 18.3 Å². The van der Waals surface area contributed by atoms with E-state index in [4.69, 9.17) is 15.6 Å². The molecule has 0 saturated heterocycles. The van der Waals surface area contributed by atoms with E-state index in [1.54, 1.807) is 24.3 Å². The summed E-state index contributed by atoms with van der Waals surface area (Å²) in [5, 5.41) is 7.12. The first-order valence-electron chi connectivity index (χ1n) is 6.67. The van der Waals surface area contributed by atoms with E-state index in [0.29, 0.717) is 11.4 Å². The summed E-state index contributed by atoms with van der Waals surface area (Å²) in [4.78, 5) is 20.3. The molecule has 0 saturated carbocycles. The first-order chi connectivity index (χ1) is 11.9. The van der Waals surface area contributed by atoms with Crippen LogP contribution in [0.4, 0.5) is 26.3 Å². The average molecular weight is 399 g/mol. The zero-order valence-corrected chi connectivity index (χ0v) is 13.5. The van der Waals surface area contributed by atoms with Crippen LogP contribution in [0.2, 0.25) is 0 Å². The molecule has 26 heavy (non-hydrogen) atoms. The Bertz CT molecular complexity index is 765. The van der Waals surface area contributed by atoms with Gasteiger partial charge in [-0.1, -0.05) is 24.3 Å². The molecule has 1 heterocycles. The molecule has 0 aliphatic rings. The van der Waals surface area contributed by atoms with E-state index in [2.05, 4.69) is 0 Å². The smallest absolute Gasteiger partial charge is 0.475 e. The van der Waals surface area contributed by atoms with E-state index < -0.39 is 24.1 Å². The van der Waals surface area contributed by atoms with Gasteiger partial charge in [-0.15, -0.1) is 11.3 Å². The Morgan fingerprint density at radius 2 is 1.42 bits per heavy atom. The van der Waals surface area contributed by atoms with E-state index in [1.807, 2.05) is 0 Å². The summed E-state index contributed by atoms with van der Waals surface area (Å²) in [6.45, 7) is 0.405. The molecule has 1 aromatic carbocycles. The van der Waals surface area contributed by atoms with Crippen molar-refractivity contribution in [2.75, 3.05) is 0 Å². The molecule has 0 spiro atoms. The van der Waals surface area contributed by atoms with Gasteiger partial charge in [-0.2, -0.15) is 26.3 Å². The fraction of sp³-hybridized carbons (Fsp3) is 0.200. The van der Waals surface area contributed by atoms with Crippen LogP contribution in [0.1, 0.15) is 15.2 Å². The van der Waals surface area contributed by atoms with E-state index in [1.165, 1.54) is 12.1 Å². The first kappa shape index (κ1) is 21.6. The van der Waals surface area contributed by atoms with Gasteiger partial charge in [0.25, 0.3) is 5.78 Å². The third-order valence-electron chi connectivity index (χ3n) is 2.80. The van der Waals surface area contributed by atoms with Crippen molar-refractivity contribution < 1.29 is 41.0 Å². The summed E-state index contributed by atoms with van der Waals surface area (Å²) >= 11 is 0.834. The van der Waals surface area contributed by atoms with Crippen molar-refractivity contribution in [3.8, 4) is 10.4 Å². The van der Waals surface area contributed by atoms with Gasteiger partial charge in [0.1, 0.15) is 0 Å². The van der Waals surface area contributed by atoms with Gasteiger partial charge in [0.05, 0.1) is 4.88 Å². The molecule has 0 aliphatic heterocycles. The van der Waals surface area contributed by atoms with Crippen LogP contribution < -0.4 is 5.73 Å². The number of carbonyl (C=O) groups excluding carboxylic acids is 1. The monoisotopic (exact) mass is 399 g/mol. The van der Waals surface area contributed by atoms with Crippen LogP contribution in [0.25, 0.3) is 10.4 Å². The van der Waals surface area contributed by atoms with Crippen molar-refractivity contribution >= 4 is 23.1 Å². The second-order valence-electron chi connectivity index (χ2n) is 4.69. The Labute approximate surface area is 146 Å². The van der Waals surface area contributed by atoms with Gasteiger partial charge in [0.15, 0.2) is 0 Å². The highest BCUT2D eigenvalue weighted by Gasteiger charge is 2.40. The average Bonchev–Trinajstić information content (AvgIpc) is 3.02. The van der Waals surface area contributed by atoms with Gasteiger partial charge in [-0.3, -0.25) is 4.79 Å². The van der Waals surface area contributed by atoms with Gasteiger partial charge in [-0.05, 0) is 23.3 Å². The summed E-state index contributed by atoms with van der Waals surface area (Å²) in [5.41, 5.74) is 7.17. The van der Waals surface area contributed by atoms with Gasteiger partial charge in [0, 0.05) is 11.4 Å². The number of carboxylic acids is 1. The van der Waals surface area contributed by atoms with Gasteiger partial charge in [-0.25, -0.2) is 4.79 Å². The van der Waals surface area contributed by atoms with Crippen molar-refractivity contribution in [3.63, 3.8) is 0 Å². The Morgan fingerprint density at radius 1 is 0.923 bits per heavy atom. The maximum Gasteiger partial charge on any atom is 0.490 e. The zero-order chi connectivity index (χ0) is 20.1. The Hall–Kier alpha value is -2.40. The van der Waals surface area contributed by atoms with Crippen molar-refractivity contribution in [3.05, 3.63) is 46.8 Å². The molecule has 0 radical (unpaired) electrons. The third-order valence-corrected chi connectivity index (χ3v) is 3.94. The lowest BCUT2D eigenvalue weighted by atomic mass is 10.1. The Morgan fingerprint density at radius 3 is 1.81 bits per heavy atom. The number of alkyl halides is 6. The largest absolute Gasteiger partial charge is 0.490 e. The highest BCUT2D eigenvalue weighted by atomic mass is 32.1. The minimum Gasteiger partial charge on any atom is -0.475 e. The quantitative estimate of drug-likeness (QED) is 0.597. The lowest BCUT2D eigenvalue weighted by Crippen LogP contribution is -2.21. The number of hydrogen-bond donors (Lipinski definition) is 2. The third kappa shape index (κ3) is 6.15. The number of nitrogens with two attached hydrogens (primary N) is 1. The predicted octanol–water partition coefficient (Wildman–Crippen LogP) is 4.25. The van der Waals surface area contributed by atoms with Gasteiger partial charge < -0.3 is 10.8 Å². The molecule has 11 heteroatoms. The number of carbonyl (C=O) groups is 2. The number of benzene rings is 1. The molecule has 2 aromatic rings. The maximum absolute atomic E-state index is 12.3. The van der Waals surface area contributed by atoms with E-state index in [0.717, 1.165) is 22.5 Å². The van der Waals surface area contributed by atoms with E-state index in [9.17, 15) is 31.1 Å². The molecule has 0 amide bonds. The van der Waals surface area contributed by atoms with Crippen molar-refractivity contribution in [2.24, 2.45) is 5.73 Å². The lowest BCUT2D eigenvalue weighted by molar-refractivity contribution is -0.192. The molecule has 1 aromatic heterocycles.